The number of halogens is 2. The lowest BCUT2D eigenvalue weighted by Crippen LogP contribution is -2.05. The lowest BCUT2D eigenvalue weighted by Gasteiger charge is -2.06. The van der Waals surface area contributed by atoms with E-state index in [4.69, 9.17) is 4.42 Å². The summed E-state index contributed by atoms with van der Waals surface area (Å²) in [6, 6.07) is 9.40. The van der Waals surface area contributed by atoms with Gasteiger partial charge >= 0.3 is 0 Å². The number of benzene rings is 1. The zero-order chi connectivity index (χ0) is 13.8. The predicted molar refractivity (Wildman–Crippen MR) is 82.2 cm³/mol. The maximum atomic E-state index is 10.9. The van der Waals surface area contributed by atoms with Gasteiger partial charge in [0.05, 0.1) is 11.0 Å². The first kappa shape index (κ1) is 14.1. The summed E-state index contributed by atoms with van der Waals surface area (Å²) in [7, 11) is 0. The van der Waals surface area contributed by atoms with Crippen molar-refractivity contribution in [2.24, 2.45) is 0 Å². The van der Waals surface area contributed by atoms with Crippen molar-refractivity contribution < 1.29 is 9.21 Å². The molecule has 0 atom stereocenters. The van der Waals surface area contributed by atoms with E-state index in [1.807, 2.05) is 30.3 Å². The van der Waals surface area contributed by atoms with Crippen LogP contribution in [0.5, 0.6) is 0 Å². The van der Waals surface area contributed by atoms with Crippen LogP contribution in [-0.4, -0.2) is 5.91 Å². The average molecular weight is 388 g/mol. The summed E-state index contributed by atoms with van der Waals surface area (Å²) in [5.41, 5.74) is 1.74. The molecule has 1 aromatic carbocycles. The van der Waals surface area contributed by atoms with Gasteiger partial charge in [0, 0.05) is 18.3 Å². The second-order valence-corrected chi connectivity index (χ2v) is 5.52. The molecule has 0 saturated carbocycles. The maximum Gasteiger partial charge on any atom is 0.221 e. The third kappa shape index (κ3) is 4.11. The highest BCUT2D eigenvalue weighted by Crippen LogP contribution is 2.27. The summed E-state index contributed by atoms with van der Waals surface area (Å²) in [6.07, 6.45) is 0. The number of nitrogens with one attached hydrogen (secondary N) is 2. The van der Waals surface area contributed by atoms with Gasteiger partial charge in [-0.25, -0.2) is 0 Å². The van der Waals surface area contributed by atoms with E-state index < -0.39 is 0 Å². The van der Waals surface area contributed by atoms with Crippen molar-refractivity contribution in [3.63, 3.8) is 0 Å². The normalized spacial score (nSPS) is 10.3. The van der Waals surface area contributed by atoms with Crippen LogP contribution in [0.25, 0.3) is 0 Å². The minimum atomic E-state index is -0.0778. The summed E-state index contributed by atoms with van der Waals surface area (Å²) < 4.78 is 7.04. The first-order valence-electron chi connectivity index (χ1n) is 5.60. The Balaban J connectivity index is 1.94. The van der Waals surface area contributed by atoms with Gasteiger partial charge in [0.25, 0.3) is 0 Å². The van der Waals surface area contributed by atoms with Gasteiger partial charge in [-0.05, 0) is 62.2 Å². The molecule has 2 rings (SSSR count). The molecule has 0 aliphatic carbocycles. The number of amides is 1. The second kappa shape index (κ2) is 6.25. The van der Waals surface area contributed by atoms with E-state index in [2.05, 4.69) is 42.5 Å². The van der Waals surface area contributed by atoms with Crippen molar-refractivity contribution in [1.29, 1.82) is 0 Å². The zero-order valence-corrected chi connectivity index (χ0v) is 13.3. The molecule has 0 bridgehead atoms. The minimum Gasteiger partial charge on any atom is -0.451 e. The Labute approximate surface area is 127 Å². The Hall–Kier alpha value is -1.27. The van der Waals surface area contributed by atoms with E-state index in [9.17, 15) is 4.79 Å². The van der Waals surface area contributed by atoms with Crippen molar-refractivity contribution in [1.82, 2.24) is 0 Å². The molecule has 2 aromatic rings. The van der Waals surface area contributed by atoms with Crippen LogP contribution in [-0.2, 0) is 11.3 Å². The molecule has 0 aliphatic rings. The molecule has 0 saturated heterocycles. The summed E-state index contributed by atoms with van der Waals surface area (Å²) in [6.45, 7) is 2.07. The highest BCUT2D eigenvalue weighted by Gasteiger charge is 2.05. The Morgan fingerprint density at radius 3 is 2.37 bits per heavy atom. The van der Waals surface area contributed by atoms with Gasteiger partial charge in [-0.3, -0.25) is 4.79 Å². The van der Waals surface area contributed by atoms with Gasteiger partial charge in [-0.15, -0.1) is 0 Å². The smallest absolute Gasteiger partial charge is 0.221 e. The molecule has 4 nitrogen and oxygen atoms in total. The number of anilines is 2. The molecule has 0 aliphatic heterocycles. The van der Waals surface area contributed by atoms with E-state index in [0.717, 1.165) is 21.6 Å². The fourth-order valence-corrected chi connectivity index (χ4v) is 2.20. The molecule has 1 aromatic heterocycles. The van der Waals surface area contributed by atoms with Crippen molar-refractivity contribution in [3.8, 4) is 0 Å². The van der Waals surface area contributed by atoms with Crippen LogP contribution in [0.1, 0.15) is 12.7 Å². The summed E-state index contributed by atoms with van der Waals surface area (Å²) in [5.74, 6) is 0.746. The van der Waals surface area contributed by atoms with E-state index in [1.165, 1.54) is 6.92 Å². The number of carbonyl (C=O) groups is 1. The molecule has 1 amide bonds. The Bertz CT molecular complexity index is 559. The molecule has 0 unspecified atom stereocenters. The zero-order valence-electron chi connectivity index (χ0n) is 10.2. The molecule has 0 radical (unpaired) electrons. The van der Waals surface area contributed by atoms with Gasteiger partial charge in [-0.1, -0.05) is 0 Å². The van der Waals surface area contributed by atoms with Crippen LogP contribution in [0.15, 0.2) is 43.9 Å². The van der Waals surface area contributed by atoms with Crippen molar-refractivity contribution >= 4 is 49.1 Å². The van der Waals surface area contributed by atoms with Gasteiger partial charge < -0.3 is 15.1 Å². The van der Waals surface area contributed by atoms with E-state index in [1.54, 1.807) is 0 Å². The Morgan fingerprint density at radius 1 is 1.21 bits per heavy atom. The number of hydrogen-bond acceptors (Lipinski definition) is 3. The maximum absolute atomic E-state index is 10.9. The number of carbonyl (C=O) groups excluding carboxylic acids is 1. The monoisotopic (exact) mass is 386 g/mol. The first-order chi connectivity index (χ1) is 9.04. The van der Waals surface area contributed by atoms with E-state index in [-0.39, 0.29) is 5.91 Å². The fourth-order valence-electron chi connectivity index (χ4n) is 1.54. The summed E-state index contributed by atoms with van der Waals surface area (Å²) in [5, 5.41) is 5.95. The van der Waals surface area contributed by atoms with Crippen molar-refractivity contribution in [3.05, 3.63) is 45.2 Å². The Kier molecular flexibility index (Phi) is 4.66. The summed E-state index contributed by atoms with van der Waals surface area (Å²) >= 11 is 6.66. The minimum absolute atomic E-state index is 0.0778. The SMILES string of the molecule is CC(=O)Nc1ccc(NCc2cc(Br)c(Br)o2)cc1. The molecule has 6 heteroatoms. The third-order valence-corrected chi connectivity index (χ3v) is 4.08. The molecule has 2 N–H and O–H groups in total. The van der Waals surface area contributed by atoms with Gasteiger partial charge in [-0.2, -0.15) is 0 Å². The standard InChI is InChI=1S/C13H12Br2N2O2/c1-8(18)17-10-4-2-9(3-5-10)16-7-11-6-12(14)13(15)19-11/h2-6,16H,7H2,1H3,(H,17,18). The van der Waals surface area contributed by atoms with E-state index in [0.29, 0.717) is 11.2 Å². The average Bonchev–Trinajstić information content (AvgIpc) is 2.67. The second-order valence-electron chi connectivity index (χ2n) is 3.95. The summed E-state index contributed by atoms with van der Waals surface area (Å²) in [4.78, 5) is 10.9. The van der Waals surface area contributed by atoms with Crippen LogP contribution in [0, 0.1) is 0 Å². The van der Waals surface area contributed by atoms with Crippen LogP contribution in [0.3, 0.4) is 0 Å². The highest BCUT2D eigenvalue weighted by atomic mass is 79.9. The Morgan fingerprint density at radius 2 is 1.84 bits per heavy atom. The van der Waals surface area contributed by atoms with Crippen LogP contribution < -0.4 is 10.6 Å². The first-order valence-corrected chi connectivity index (χ1v) is 7.18. The highest BCUT2D eigenvalue weighted by molar-refractivity contribution is 9.13. The lowest BCUT2D eigenvalue weighted by molar-refractivity contribution is -0.114. The lowest BCUT2D eigenvalue weighted by atomic mass is 10.2. The molecule has 1 heterocycles. The van der Waals surface area contributed by atoms with Crippen LogP contribution >= 0.6 is 31.9 Å². The molecule has 19 heavy (non-hydrogen) atoms. The van der Waals surface area contributed by atoms with Crippen LogP contribution in [0.2, 0.25) is 0 Å². The molecular formula is C13H12Br2N2O2. The van der Waals surface area contributed by atoms with E-state index >= 15 is 0 Å². The van der Waals surface area contributed by atoms with Gasteiger partial charge in [0.1, 0.15) is 5.76 Å². The van der Waals surface area contributed by atoms with Crippen molar-refractivity contribution in [2.75, 3.05) is 10.6 Å². The largest absolute Gasteiger partial charge is 0.451 e. The molecule has 0 fully saturated rings. The predicted octanol–water partition coefficient (Wildman–Crippen LogP) is 4.38. The van der Waals surface area contributed by atoms with Gasteiger partial charge in [0.2, 0.25) is 5.91 Å². The fraction of sp³-hybridized carbons (Fsp3) is 0.154. The van der Waals surface area contributed by atoms with Crippen LogP contribution in [0.4, 0.5) is 11.4 Å². The topological polar surface area (TPSA) is 54.3 Å². The van der Waals surface area contributed by atoms with Crippen molar-refractivity contribution in [2.45, 2.75) is 13.5 Å². The number of rotatable bonds is 4. The molecular weight excluding hydrogens is 376 g/mol. The van der Waals surface area contributed by atoms with Gasteiger partial charge in [0.15, 0.2) is 4.67 Å². The quantitative estimate of drug-likeness (QED) is 0.818. The number of furan rings is 1. The third-order valence-electron chi connectivity index (χ3n) is 2.37. The molecule has 0 spiro atoms. The molecule has 100 valence electrons. The number of hydrogen-bond donors (Lipinski definition) is 2.